The molecule has 0 saturated heterocycles. The van der Waals surface area contributed by atoms with Crippen molar-refractivity contribution in [3.8, 4) is 11.5 Å². The number of carbonyl (C=O) groups is 2. The van der Waals surface area contributed by atoms with Crippen molar-refractivity contribution in [1.29, 1.82) is 0 Å². The molecular formula is C27H21ClN2O4. The van der Waals surface area contributed by atoms with E-state index in [1.165, 1.54) is 12.3 Å². The fraction of sp³-hybridized carbons (Fsp3) is 0.0741. The Labute approximate surface area is 201 Å². The largest absolute Gasteiger partial charge is 0.481 e. The third-order valence-electron chi connectivity index (χ3n) is 4.94. The topological polar surface area (TPSA) is 77.0 Å². The van der Waals surface area contributed by atoms with Gasteiger partial charge in [0.05, 0.1) is 11.8 Å². The van der Waals surface area contributed by atoms with Crippen LogP contribution in [0.3, 0.4) is 0 Å². The summed E-state index contributed by atoms with van der Waals surface area (Å²) in [6.07, 6.45) is 0.759. The molecule has 170 valence electrons. The van der Waals surface area contributed by atoms with Crippen molar-refractivity contribution in [3.63, 3.8) is 0 Å². The number of hydrogen-bond acceptors (Lipinski definition) is 5. The number of hydrogen-bond donors (Lipinski definition) is 1. The van der Waals surface area contributed by atoms with E-state index in [9.17, 15) is 9.59 Å². The molecule has 0 unspecified atom stereocenters. The standard InChI is InChI=1S/C27H21ClN2O4/c1-18(33-25-14-11-20-5-2-3-6-21(20)16-25)26(31)30-29-17-19-9-12-24(13-10-19)34-27(32)22-7-4-8-23(28)15-22/h2-18H,1H3,(H,30,31)/b29-17-/t18-/m1/s1. The van der Waals surface area contributed by atoms with E-state index in [0.29, 0.717) is 27.6 Å². The molecule has 4 aromatic rings. The van der Waals surface area contributed by atoms with Crippen LogP contribution < -0.4 is 14.9 Å². The number of amides is 1. The first-order valence-electron chi connectivity index (χ1n) is 10.5. The minimum absolute atomic E-state index is 0.362. The number of ether oxygens (including phenoxy) is 2. The SMILES string of the molecule is C[C@@H](Oc1ccc2ccccc2c1)C(=O)N/N=C\c1ccc(OC(=O)c2cccc(Cl)c2)cc1. The number of esters is 1. The molecule has 0 saturated carbocycles. The lowest BCUT2D eigenvalue weighted by Gasteiger charge is -2.13. The summed E-state index contributed by atoms with van der Waals surface area (Å²) < 4.78 is 11.1. The first kappa shape index (κ1) is 23.0. The van der Waals surface area contributed by atoms with E-state index in [1.807, 2.05) is 42.5 Å². The van der Waals surface area contributed by atoms with E-state index in [0.717, 1.165) is 10.8 Å². The molecule has 0 aliphatic rings. The summed E-state index contributed by atoms with van der Waals surface area (Å²) in [7, 11) is 0. The van der Waals surface area contributed by atoms with Gasteiger partial charge in [-0.25, -0.2) is 10.2 Å². The third kappa shape index (κ3) is 5.99. The number of fused-ring (bicyclic) bond motifs is 1. The molecule has 7 heteroatoms. The van der Waals surface area contributed by atoms with Gasteiger partial charge >= 0.3 is 5.97 Å². The normalized spacial score (nSPS) is 11.8. The van der Waals surface area contributed by atoms with Crippen molar-refractivity contribution in [2.24, 2.45) is 5.10 Å². The van der Waals surface area contributed by atoms with Gasteiger partial charge in [-0.15, -0.1) is 0 Å². The van der Waals surface area contributed by atoms with Gasteiger partial charge in [-0.1, -0.05) is 48.0 Å². The number of halogens is 1. The highest BCUT2D eigenvalue weighted by Gasteiger charge is 2.14. The second-order valence-electron chi connectivity index (χ2n) is 7.47. The minimum Gasteiger partial charge on any atom is -0.481 e. The van der Waals surface area contributed by atoms with E-state index in [2.05, 4.69) is 10.5 Å². The van der Waals surface area contributed by atoms with Gasteiger partial charge in [0, 0.05) is 5.02 Å². The Balaban J connectivity index is 1.29. The van der Waals surface area contributed by atoms with Gasteiger partial charge in [-0.3, -0.25) is 4.79 Å². The van der Waals surface area contributed by atoms with Gasteiger partial charge in [0.25, 0.3) is 5.91 Å². The maximum Gasteiger partial charge on any atom is 0.343 e. The molecule has 0 aromatic heterocycles. The van der Waals surface area contributed by atoms with Crippen LogP contribution in [0.2, 0.25) is 5.02 Å². The quantitative estimate of drug-likeness (QED) is 0.164. The molecule has 0 bridgehead atoms. The van der Waals surface area contributed by atoms with Gasteiger partial charge in [-0.05, 0) is 77.9 Å². The van der Waals surface area contributed by atoms with E-state index >= 15 is 0 Å². The van der Waals surface area contributed by atoms with Gasteiger partial charge in [-0.2, -0.15) is 5.10 Å². The van der Waals surface area contributed by atoms with Gasteiger partial charge in [0.1, 0.15) is 11.5 Å². The van der Waals surface area contributed by atoms with Crippen LogP contribution in [0.5, 0.6) is 11.5 Å². The molecule has 4 aromatic carbocycles. The van der Waals surface area contributed by atoms with Crippen LogP contribution in [0.15, 0.2) is 96.1 Å². The molecule has 34 heavy (non-hydrogen) atoms. The molecule has 0 aliphatic carbocycles. The van der Waals surface area contributed by atoms with Crippen LogP contribution in [0.1, 0.15) is 22.8 Å². The number of rotatable bonds is 7. The van der Waals surface area contributed by atoms with Crippen molar-refractivity contribution in [1.82, 2.24) is 5.43 Å². The summed E-state index contributed by atoms with van der Waals surface area (Å²) in [5.41, 5.74) is 3.55. The van der Waals surface area contributed by atoms with E-state index in [-0.39, 0.29) is 5.91 Å². The Morgan fingerprint density at radius 1 is 0.882 bits per heavy atom. The zero-order valence-corrected chi connectivity index (χ0v) is 19.0. The smallest absolute Gasteiger partial charge is 0.343 e. The molecule has 0 aliphatic heterocycles. The highest BCUT2D eigenvalue weighted by molar-refractivity contribution is 6.30. The van der Waals surface area contributed by atoms with Crippen molar-refractivity contribution in [2.75, 3.05) is 0 Å². The van der Waals surface area contributed by atoms with Crippen LogP contribution in [0.25, 0.3) is 10.8 Å². The second kappa shape index (κ2) is 10.6. The Morgan fingerprint density at radius 3 is 2.38 bits per heavy atom. The van der Waals surface area contributed by atoms with Crippen LogP contribution >= 0.6 is 11.6 Å². The number of carbonyl (C=O) groups excluding carboxylic acids is 2. The molecule has 1 atom stereocenters. The molecule has 1 N–H and O–H groups in total. The van der Waals surface area contributed by atoms with Gasteiger partial charge in [0.2, 0.25) is 0 Å². The Bertz CT molecular complexity index is 1350. The monoisotopic (exact) mass is 472 g/mol. The average molecular weight is 473 g/mol. The summed E-state index contributed by atoms with van der Waals surface area (Å²) in [5, 5.41) is 6.57. The zero-order chi connectivity index (χ0) is 23.9. The molecule has 1 amide bonds. The second-order valence-corrected chi connectivity index (χ2v) is 7.91. The maximum absolute atomic E-state index is 12.3. The summed E-state index contributed by atoms with van der Waals surface area (Å²) in [6, 6.07) is 26.8. The summed E-state index contributed by atoms with van der Waals surface area (Å²) >= 11 is 5.90. The Morgan fingerprint density at radius 2 is 1.62 bits per heavy atom. The van der Waals surface area contributed by atoms with Gasteiger partial charge in [0.15, 0.2) is 6.10 Å². The van der Waals surface area contributed by atoms with Crippen molar-refractivity contribution < 1.29 is 19.1 Å². The lowest BCUT2D eigenvalue weighted by molar-refractivity contribution is -0.127. The minimum atomic E-state index is -0.730. The zero-order valence-electron chi connectivity index (χ0n) is 18.3. The number of nitrogens with zero attached hydrogens (tertiary/aromatic N) is 1. The molecule has 0 radical (unpaired) electrons. The highest BCUT2D eigenvalue weighted by Crippen LogP contribution is 2.21. The molecule has 0 heterocycles. The molecular weight excluding hydrogens is 452 g/mol. The van der Waals surface area contributed by atoms with E-state index in [1.54, 1.807) is 49.4 Å². The van der Waals surface area contributed by atoms with Crippen LogP contribution in [0.4, 0.5) is 0 Å². The molecule has 4 rings (SSSR count). The summed E-state index contributed by atoms with van der Waals surface area (Å²) in [5.74, 6) is 0.102. The summed E-state index contributed by atoms with van der Waals surface area (Å²) in [4.78, 5) is 24.5. The number of benzene rings is 4. The number of hydrazone groups is 1. The van der Waals surface area contributed by atoms with Crippen LogP contribution in [-0.4, -0.2) is 24.2 Å². The Kier molecular flexibility index (Phi) is 7.20. The maximum atomic E-state index is 12.3. The highest BCUT2D eigenvalue weighted by atomic mass is 35.5. The van der Waals surface area contributed by atoms with Crippen molar-refractivity contribution in [3.05, 3.63) is 107 Å². The average Bonchev–Trinajstić information content (AvgIpc) is 2.85. The van der Waals surface area contributed by atoms with Crippen LogP contribution in [0, 0.1) is 0 Å². The Hall–Kier alpha value is -4.16. The summed E-state index contributed by atoms with van der Waals surface area (Å²) in [6.45, 7) is 1.66. The van der Waals surface area contributed by atoms with Crippen molar-refractivity contribution in [2.45, 2.75) is 13.0 Å². The fourth-order valence-corrected chi connectivity index (χ4v) is 3.35. The third-order valence-corrected chi connectivity index (χ3v) is 5.18. The lowest BCUT2D eigenvalue weighted by Crippen LogP contribution is -2.33. The van der Waals surface area contributed by atoms with Crippen LogP contribution in [-0.2, 0) is 4.79 Å². The first-order chi connectivity index (χ1) is 16.5. The lowest BCUT2D eigenvalue weighted by atomic mass is 10.1. The predicted molar refractivity (Wildman–Crippen MR) is 133 cm³/mol. The first-order valence-corrected chi connectivity index (χ1v) is 10.9. The molecule has 0 spiro atoms. The van der Waals surface area contributed by atoms with E-state index < -0.39 is 12.1 Å². The van der Waals surface area contributed by atoms with Gasteiger partial charge < -0.3 is 9.47 Å². The van der Waals surface area contributed by atoms with Crippen molar-refractivity contribution >= 4 is 40.5 Å². The fourth-order valence-electron chi connectivity index (χ4n) is 3.16. The molecule has 6 nitrogen and oxygen atoms in total. The predicted octanol–water partition coefficient (Wildman–Crippen LogP) is 5.63. The molecule has 0 fully saturated rings. The van der Waals surface area contributed by atoms with E-state index in [4.69, 9.17) is 21.1 Å². The number of nitrogens with one attached hydrogen (secondary N) is 1.